The van der Waals surface area contributed by atoms with Crippen LogP contribution in [0.5, 0.6) is 0 Å². The second-order valence-corrected chi connectivity index (χ2v) is 5.21. The van der Waals surface area contributed by atoms with Gasteiger partial charge in [0.15, 0.2) is 0 Å². The third kappa shape index (κ3) is 4.23. The average Bonchev–Trinajstić information content (AvgIpc) is 2.51. The van der Waals surface area contributed by atoms with E-state index in [1.165, 1.54) is 18.4 Å². The van der Waals surface area contributed by atoms with Gasteiger partial charge in [0.2, 0.25) is 10.0 Å². The summed E-state index contributed by atoms with van der Waals surface area (Å²) in [7, 11) is -3.92. The van der Waals surface area contributed by atoms with Crippen molar-refractivity contribution in [2.45, 2.75) is 12.7 Å². The third-order valence-electron chi connectivity index (χ3n) is 1.74. The van der Waals surface area contributed by atoms with Crippen molar-refractivity contribution in [1.29, 1.82) is 0 Å². The number of nitrogens with zero attached hydrogens (tertiary/aromatic N) is 1. The fourth-order valence-electron chi connectivity index (χ4n) is 1.07. The van der Waals surface area contributed by atoms with Gasteiger partial charge >= 0.3 is 6.18 Å². The molecule has 1 heterocycles. The Labute approximate surface area is 90.7 Å². The quantitative estimate of drug-likeness (QED) is 0.823. The molecular weight excluding hydrogens is 247 g/mol. The predicted molar refractivity (Wildman–Crippen MR) is 50.0 cm³/mol. The largest absolute Gasteiger partial charge is 0.468 e. The summed E-state index contributed by atoms with van der Waals surface area (Å²) in [5, 5.41) is 0. The van der Waals surface area contributed by atoms with E-state index in [2.05, 4.69) is 0 Å². The lowest BCUT2D eigenvalue weighted by molar-refractivity contribution is -0.137. The second-order valence-electron chi connectivity index (χ2n) is 3.23. The number of rotatable bonds is 4. The number of alkyl halides is 3. The van der Waals surface area contributed by atoms with E-state index in [1.807, 2.05) is 0 Å². The minimum absolute atomic E-state index is 0.162. The SMILES string of the molecule is CS(=O)(=O)N(Cc1ccco1)CC(F)(F)F. The van der Waals surface area contributed by atoms with E-state index in [4.69, 9.17) is 4.42 Å². The van der Waals surface area contributed by atoms with Gasteiger partial charge in [0.05, 0.1) is 19.1 Å². The van der Waals surface area contributed by atoms with Crippen LogP contribution >= 0.6 is 0 Å². The average molecular weight is 257 g/mol. The van der Waals surface area contributed by atoms with E-state index in [0.717, 1.165) is 6.26 Å². The fraction of sp³-hybridized carbons (Fsp3) is 0.500. The van der Waals surface area contributed by atoms with E-state index in [9.17, 15) is 21.6 Å². The number of halogens is 3. The molecule has 0 spiro atoms. The fourth-order valence-corrected chi connectivity index (χ4v) is 1.81. The van der Waals surface area contributed by atoms with Crippen LogP contribution in [0.3, 0.4) is 0 Å². The summed E-state index contributed by atoms with van der Waals surface area (Å²) in [6, 6.07) is 2.89. The molecule has 0 unspecified atom stereocenters. The number of hydrogen-bond acceptors (Lipinski definition) is 3. The standard InChI is InChI=1S/C8H10F3NO3S/c1-16(13,14)12(6-8(9,10)11)5-7-3-2-4-15-7/h2-4H,5-6H2,1H3. The molecular formula is C8H10F3NO3S. The van der Waals surface area contributed by atoms with Crippen molar-refractivity contribution in [3.8, 4) is 0 Å². The molecule has 16 heavy (non-hydrogen) atoms. The summed E-state index contributed by atoms with van der Waals surface area (Å²) in [6.07, 6.45) is -2.58. The first kappa shape index (κ1) is 13.0. The van der Waals surface area contributed by atoms with Crippen molar-refractivity contribution in [2.24, 2.45) is 0 Å². The summed E-state index contributed by atoms with van der Waals surface area (Å²) >= 11 is 0. The molecule has 8 heteroatoms. The third-order valence-corrected chi connectivity index (χ3v) is 2.93. The molecule has 0 saturated heterocycles. The van der Waals surface area contributed by atoms with Crippen molar-refractivity contribution in [1.82, 2.24) is 4.31 Å². The van der Waals surface area contributed by atoms with E-state index < -0.39 is 29.3 Å². The Morgan fingerprint density at radius 3 is 2.44 bits per heavy atom. The predicted octanol–water partition coefficient (Wildman–Crippen LogP) is 1.60. The van der Waals surface area contributed by atoms with Gasteiger partial charge in [-0.15, -0.1) is 0 Å². The molecule has 1 rings (SSSR count). The molecule has 0 aliphatic rings. The minimum atomic E-state index is -4.57. The molecule has 0 atom stereocenters. The Kier molecular flexibility index (Phi) is 3.64. The molecule has 0 radical (unpaired) electrons. The van der Waals surface area contributed by atoms with Crippen LogP contribution in [-0.4, -0.2) is 31.7 Å². The molecule has 0 saturated carbocycles. The van der Waals surface area contributed by atoms with Gasteiger partial charge in [0.1, 0.15) is 12.3 Å². The van der Waals surface area contributed by atoms with Crippen LogP contribution in [0, 0.1) is 0 Å². The van der Waals surface area contributed by atoms with Crippen LogP contribution in [0.1, 0.15) is 5.76 Å². The van der Waals surface area contributed by atoms with Crippen molar-refractivity contribution in [2.75, 3.05) is 12.8 Å². The van der Waals surface area contributed by atoms with Gasteiger partial charge in [-0.2, -0.15) is 17.5 Å². The van der Waals surface area contributed by atoms with Gasteiger partial charge in [-0.1, -0.05) is 0 Å². The monoisotopic (exact) mass is 257 g/mol. The molecule has 0 bridgehead atoms. The smallest absolute Gasteiger partial charge is 0.402 e. The lowest BCUT2D eigenvalue weighted by atomic mass is 10.4. The lowest BCUT2D eigenvalue weighted by Gasteiger charge is -2.20. The second kappa shape index (κ2) is 4.46. The van der Waals surface area contributed by atoms with Crippen molar-refractivity contribution in [3.05, 3.63) is 24.2 Å². The zero-order valence-electron chi connectivity index (χ0n) is 8.36. The van der Waals surface area contributed by atoms with Gasteiger partial charge < -0.3 is 4.42 Å². The highest BCUT2D eigenvalue weighted by atomic mass is 32.2. The summed E-state index contributed by atoms with van der Waals surface area (Å²) < 4.78 is 63.7. The van der Waals surface area contributed by atoms with Gasteiger partial charge in [0, 0.05) is 0 Å². The normalized spacial score (nSPS) is 13.3. The van der Waals surface area contributed by atoms with Gasteiger partial charge in [-0.25, -0.2) is 8.42 Å². The van der Waals surface area contributed by atoms with E-state index in [-0.39, 0.29) is 5.76 Å². The Morgan fingerprint density at radius 1 is 1.44 bits per heavy atom. The van der Waals surface area contributed by atoms with Crippen LogP contribution in [0.25, 0.3) is 0 Å². The Bertz CT molecular complexity index is 424. The van der Waals surface area contributed by atoms with E-state index in [0.29, 0.717) is 4.31 Å². The van der Waals surface area contributed by atoms with Crippen LogP contribution in [0.15, 0.2) is 22.8 Å². The summed E-state index contributed by atoms with van der Waals surface area (Å²) in [5.41, 5.74) is 0. The molecule has 92 valence electrons. The maximum Gasteiger partial charge on any atom is 0.402 e. The maximum atomic E-state index is 12.1. The Balaban J connectivity index is 2.81. The molecule has 0 N–H and O–H groups in total. The van der Waals surface area contributed by atoms with Crippen LogP contribution in [-0.2, 0) is 16.6 Å². The molecule has 0 fully saturated rings. The highest BCUT2D eigenvalue weighted by Crippen LogP contribution is 2.20. The Morgan fingerprint density at radius 2 is 2.06 bits per heavy atom. The molecule has 0 amide bonds. The first-order valence-electron chi connectivity index (χ1n) is 4.23. The topological polar surface area (TPSA) is 50.5 Å². The van der Waals surface area contributed by atoms with Gasteiger partial charge in [0.25, 0.3) is 0 Å². The molecule has 1 aromatic heterocycles. The lowest BCUT2D eigenvalue weighted by Crippen LogP contribution is -2.37. The minimum Gasteiger partial charge on any atom is -0.468 e. The van der Waals surface area contributed by atoms with E-state index in [1.54, 1.807) is 0 Å². The molecule has 4 nitrogen and oxygen atoms in total. The summed E-state index contributed by atoms with van der Waals surface area (Å²) in [6.45, 7) is -1.95. The van der Waals surface area contributed by atoms with Crippen molar-refractivity contribution in [3.63, 3.8) is 0 Å². The molecule has 0 aliphatic carbocycles. The highest BCUT2D eigenvalue weighted by Gasteiger charge is 2.34. The van der Waals surface area contributed by atoms with Crippen molar-refractivity contribution < 1.29 is 26.0 Å². The Hall–Kier alpha value is -1.02. The van der Waals surface area contributed by atoms with Gasteiger partial charge in [-0.05, 0) is 12.1 Å². The first-order valence-corrected chi connectivity index (χ1v) is 6.07. The number of furan rings is 1. The highest BCUT2D eigenvalue weighted by molar-refractivity contribution is 7.88. The summed E-state index contributed by atoms with van der Waals surface area (Å²) in [5.74, 6) is 0.162. The van der Waals surface area contributed by atoms with E-state index >= 15 is 0 Å². The maximum absolute atomic E-state index is 12.1. The van der Waals surface area contributed by atoms with Crippen LogP contribution in [0.4, 0.5) is 13.2 Å². The zero-order valence-corrected chi connectivity index (χ0v) is 9.18. The summed E-state index contributed by atoms with van der Waals surface area (Å²) in [4.78, 5) is 0. The zero-order chi connectivity index (χ0) is 12.4. The molecule has 1 aromatic rings. The molecule has 0 aliphatic heterocycles. The van der Waals surface area contributed by atoms with Crippen LogP contribution in [0.2, 0.25) is 0 Å². The molecule has 0 aromatic carbocycles. The first-order chi connectivity index (χ1) is 7.18. The van der Waals surface area contributed by atoms with Crippen LogP contribution < -0.4 is 0 Å². The number of hydrogen-bond donors (Lipinski definition) is 0. The van der Waals surface area contributed by atoms with Crippen molar-refractivity contribution >= 4 is 10.0 Å². The number of sulfonamides is 1. The van der Waals surface area contributed by atoms with Gasteiger partial charge in [-0.3, -0.25) is 0 Å².